The van der Waals surface area contributed by atoms with Gasteiger partial charge in [0.05, 0.1) is 0 Å². The molecule has 0 aromatic heterocycles. The number of guanidine groups is 1. The molecule has 1 saturated carbocycles. The van der Waals surface area contributed by atoms with Gasteiger partial charge in [-0.15, -0.1) is 0 Å². The van der Waals surface area contributed by atoms with Crippen LogP contribution in [-0.4, -0.2) is 25.6 Å². The highest BCUT2D eigenvalue weighted by atomic mass is 15.2. The molecule has 0 amide bonds. The van der Waals surface area contributed by atoms with Crippen molar-refractivity contribution in [2.75, 3.05) is 19.6 Å². The molecule has 0 spiro atoms. The minimum Gasteiger partial charge on any atom is -0.357 e. The van der Waals surface area contributed by atoms with Crippen LogP contribution < -0.4 is 10.6 Å². The second-order valence-corrected chi connectivity index (χ2v) is 5.18. The summed E-state index contributed by atoms with van der Waals surface area (Å²) in [5.41, 5.74) is 1.41. The van der Waals surface area contributed by atoms with Crippen molar-refractivity contribution >= 4 is 5.96 Å². The van der Waals surface area contributed by atoms with Gasteiger partial charge in [0.25, 0.3) is 0 Å². The van der Waals surface area contributed by atoms with Gasteiger partial charge in [0, 0.05) is 19.6 Å². The molecule has 0 radical (unpaired) electrons. The fourth-order valence-electron chi connectivity index (χ4n) is 2.01. The molecule has 0 atom stereocenters. The molecule has 3 heteroatoms. The maximum atomic E-state index is 4.61. The highest BCUT2D eigenvalue weighted by Gasteiger charge is 2.20. The molecular formula is C16H25N3. The van der Waals surface area contributed by atoms with E-state index in [0.29, 0.717) is 0 Å². The molecule has 0 heterocycles. The lowest BCUT2D eigenvalue weighted by atomic mass is 10.1. The Labute approximate surface area is 116 Å². The molecule has 2 N–H and O–H groups in total. The maximum absolute atomic E-state index is 4.61. The average molecular weight is 259 g/mol. The summed E-state index contributed by atoms with van der Waals surface area (Å²) in [6.07, 6.45) is 4.97. The molecular weight excluding hydrogens is 234 g/mol. The molecule has 104 valence electrons. The smallest absolute Gasteiger partial charge is 0.191 e. The zero-order valence-corrected chi connectivity index (χ0v) is 11.9. The van der Waals surface area contributed by atoms with Gasteiger partial charge in [-0.05, 0) is 44.1 Å². The van der Waals surface area contributed by atoms with Gasteiger partial charge in [-0.3, -0.25) is 4.99 Å². The summed E-state index contributed by atoms with van der Waals surface area (Å²) >= 11 is 0. The number of hydrogen-bond donors (Lipinski definition) is 2. The van der Waals surface area contributed by atoms with Gasteiger partial charge >= 0.3 is 0 Å². The summed E-state index contributed by atoms with van der Waals surface area (Å²) in [4.78, 5) is 4.61. The van der Waals surface area contributed by atoms with Crippen molar-refractivity contribution in [3.05, 3.63) is 35.9 Å². The van der Waals surface area contributed by atoms with Crippen LogP contribution >= 0.6 is 0 Å². The quantitative estimate of drug-likeness (QED) is 0.448. The number of hydrogen-bond acceptors (Lipinski definition) is 1. The molecule has 3 nitrogen and oxygen atoms in total. The largest absolute Gasteiger partial charge is 0.357 e. The maximum Gasteiger partial charge on any atom is 0.191 e. The number of nitrogens with zero attached hydrogens (tertiary/aromatic N) is 1. The number of aryl methyl sites for hydroxylation is 1. The third kappa shape index (κ3) is 5.77. The van der Waals surface area contributed by atoms with E-state index in [1.54, 1.807) is 0 Å². The molecule has 2 rings (SSSR count). The predicted molar refractivity (Wildman–Crippen MR) is 81.5 cm³/mol. The summed E-state index contributed by atoms with van der Waals surface area (Å²) in [5, 5.41) is 6.72. The van der Waals surface area contributed by atoms with Gasteiger partial charge in [-0.2, -0.15) is 0 Å². The van der Waals surface area contributed by atoms with Gasteiger partial charge in [0.2, 0.25) is 0 Å². The molecule has 0 aliphatic heterocycles. The van der Waals surface area contributed by atoms with Crippen molar-refractivity contribution in [1.29, 1.82) is 0 Å². The molecule has 1 aliphatic rings. The Morgan fingerprint density at radius 1 is 1.21 bits per heavy atom. The van der Waals surface area contributed by atoms with E-state index in [-0.39, 0.29) is 0 Å². The highest BCUT2D eigenvalue weighted by Crippen LogP contribution is 2.28. The van der Waals surface area contributed by atoms with Crippen LogP contribution in [0.15, 0.2) is 35.3 Å². The van der Waals surface area contributed by atoms with E-state index in [2.05, 4.69) is 52.9 Å². The van der Waals surface area contributed by atoms with Crippen molar-refractivity contribution in [3.63, 3.8) is 0 Å². The summed E-state index contributed by atoms with van der Waals surface area (Å²) in [6.45, 7) is 4.99. The van der Waals surface area contributed by atoms with E-state index in [4.69, 9.17) is 0 Å². The summed E-state index contributed by atoms with van der Waals surface area (Å²) in [5.74, 6) is 1.82. The first-order valence-electron chi connectivity index (χ1n) is 7.44. The topological polar surface area (TPSA) is 36.4 Å². The molecule has 0 bridgehead atoms. The van der Waals surface area contributed by atoms with E-state index >= 15 is 0 Å². The van der Waals surface area contributed by atoms with Crippen LogP contribution in [0.2, 0.25) is 0 Å². The van der Waals surface area contributed by atoms with Crippen LogP contribution in [0.1, 0.15) is 31.7 Å². The summed E-state index contributed by atoms with van der Waals surface area (Å²) < 4.78 is 0. The molecule has 0 saturated heterocycles. The first-order chi connectivity index (χ1) is 9.38. The van der Waals surface area contributed by atoms with Gasteiger partial charge in [-0.25, -0.2) is 0 Å². The Morgan fingerprint density at radius 2 is 2.00 bits per heavy atom. The van der Waals surface area contributed by atoms with Crippen LogP contribution in [0.4, 0.5) is 0 Å². The standard InChI is InChI=1S/C16H25N3/c1-2-17-16(19-13-15-10-11-15)18-12-6-9-14-7-4-3-5-8-14/h3-5,7-8,15H,2,6,9-13H2,1H3,(H2,17,18,19). The lowest BCUT2D eigenvalue weighted by Gasteiger charge is -2.11. The fourth-order valence-corrected chi connectivity index (χ4v) is 2.01. The van der Waals surface area contributed by atoms with Gasteiger partial charge in [-0.1, -0.05) is 30.3 Å². The van der Waals surface area contributed by atoms with Gasteiger partial charge in [0.15, 0.2) is 5.96 Å². The Bertz CT molecular complexity index is 382. The Balaban J connectivity index is 1.65. The van der Waals surface area contributed by atoms with Crippen molar-refractivity contribution < 1.29 is 0 Å². The van der Waals surface area contributed by atoms with E-state index in [9.17, 15) is 0 Å². The number of rotatable bonds is 7. The molecule has 19 heavy (non-hydrogen) atoms. The van der Waals surface area contributed by atoms with Crippen LogP contribution in [-0.2, 0) is 6.42 Å². The minimum absolute atomic E-state index is 0.847. The van der Waals surface area contributed by atoms with Crippen LogP contribution in [0.3, 0.4) is 0 Å². The van der Waals surface area contributed by atoms with Crippen molar-refractivity contribution in [3.8, 4) is 0 Å². The highest BCUT2D eigenvalue weighted by molar-refractivity contribution is 5.79. The van der Waals surface area contributed by atoms with Crippen molar-refractivity contribution in [2.45, 2.75) is 32.6 Å². The zero-order valence-electron chi connectivity index (χ0n) is 11.9. The van der Waals surface area contributed by atoms with Crippen molar-refractivity contribution in [2.24, 2.45) is 10.9 Å². The van der Waals surface area contributed by atoms with Crippen molar-refractivity contribution in [1.82, 2.24) is 10.6 Å². The normalized spacial score (nSPS) is 15.3. The Morgan fingerprint density at radius 3 is 2.68 bits per heavy atom. The SMILES string of the molecule is CCNC(=NCC1CC1)NCCCc1ccccc1. The minimum atomic E-state index is 0.847. The molecule has 1 aromatic rings. The third-order valence-electron chi connectivity index (χ3n) is 3.33. The van der Waals surface area contributed by atoms with Gasteiger partial charge in [0.1, 0.15) is 0 Å². The number of aliphatic imine (C=N–C) groups is 1. The Kier molecular flexibility index (Phi) is 5.73. The lowest BCUT2D eigenvalue weighted by molar-refractivity contribution is 0.736. The monoisotopic (exact) mass is 259 g/mol. The Hall–Kier alpha value is -1.51. The average Bonchev–Trinajstić information content (AvgIpc) is 3.26. The van der Waals surface area contributed by atoms with Crippen LogP contribution in [0.5, 0.6) is 0 Å². The number of nitrogens with one attached hydrogen (secondary N) is 2. The second-order valence-electron chi connectivity index (χ2n) is 5.18. The summed E-state index contributed by atoms with van der Waals surface area (Å²) in [6, 6.07) is 10.6. The zero-order chi connectivity index (χ0) is 13.3. The lowest BCUT2D eigenvalue weighted by Crippen LogP contribution is -2.38. The van der Waals surface area contributed by atoms with Crippen LogP contribution in [0.25, 0.3) is 0 Å². The summed E-state index contributed by atoms with van der Waals surface area (Å²) in [7, 11) is 0. The molecule has 0 unspecified atom stereocenters. The van der Waals surface area contributed by atoms with Crippen LogP contribution in [0, 0.1) is 5.92 Å². The van der Waals surface area contributed by atoms with E-state index in [0.717, 1.165) is 44.4 Å². The van der Waals surface area contributed by atoms with E-state index in [1.165, 1.54) is 18.4 Å². The first kappa shape index (κ1) is 13.9. The molecule has 1 fully saturated rings. The fraction of sp³-hybridized carbons (Fsp3) is 0.562. The van der Waals surface area contributed by atoms with E-state index in [1.807, 2.05) is 0 Å². The molecule has 1 aliphatic carbocycles. The predicted octanol–water partition coefficient (Wildman–Crippen LogP) is 2.58. The van der Waals surface area contributed by atoms with Gasteiger partial charge < -0.3 is 10.6 Å². The second kappa shape index (κ2) is 7.82. The number of benzene rings is 1. The molecule has 1 aromatic carbocycles. The first-order valence-corrected chi connectivity index (χ1v) is 7.44. The third-order valence-corrected chi connectivity index (χ3v) is 3.33. The van der Waals surface area contributed by atoms with E-state index < -0.39 is 0 Å².